The summed E-state index contributed by atoms with van der Waals surface area (Å²) in [6.45, 7) is -3.55. The van der Waals surface area contributed by atoms with E-state index in [1.807, 2.05) is 0 Å². The molecule has 0 radical (unpaired) electrons. The van der Waals surface area contributed by atoms with Crippen molar-refractivity contribution in [1.29, 1.82) is 0 Å². The van der Waals surface area contributed by atoms with Crippen LogP contribution in [0.2, 0.25) is 0 Å². The minimum Gasteiger partial charge on any atom is -0.394 e. The average molecular weight is 548 g/mol. The topological polar surface area (TPSA) is 322 Å². The van der Waals surface area contributed by atoms with Crippen LogP contribution in [0.25, 0.3) is 0 Å². The molecule has 12 N–H and O–H groups in total. The summed E-state index contributed by atoms with van der Waals surface area (Å²) in [5, 5.41) is 49.8. The minimum atomic E-state index is -4.57. The molecule has 0 aliphatic carbocycles. The molecule has 0 fully saturated rings. The molecule has 0 saturated heterocycles. The average Bonchev–Trinajstić information content (AvgIpc) is 2.61. The van der Waals surface area contributed by atoms with Crippen LogP contribution in [0, 0.1) is 0 Å². The van der Waals surface area contributed by atoms with E-state index in [1.54, 1.807) is 0 Å². The van der Waals surface area contributed by atoms with Gasteiger partial charge in [-0.05, 0) is 0 Å². The Kier molecular flexibility index (Phi) is 28.5. The SMILES string of the molecule is C.C.O=P(O)(O)OC(CO)CO.O=P(O)(O)OC[C@@H](O)CO.O=P(O)(O)OC[C@H](O)CO. The van der Waals surface area contributed by atoms with Gasteiger partial charge in [0.2, 0.25) is 0 Å². The van der Waals surface area contributed by atoms with Gasteiger partial charge in [0.15, 0.2) is 0 Å². The second-order valence-corrected chi connectivity index (χ2v) is 8.50. The van der Waals surface area contributed by atoms with E-state index in [0.717, 1.165) is 0 Å². The lowest BCUT2D eigenvalue weighted by Gasteiger charge is -2.11. The largest absolute Gasteiger partial charge is 0.470 e. The van der Waals surface area contributed by atoms with E-state index in [9.17, 15) is 13.7 Å². The van der Waals surface area contributed by atoms with Gasteiger partial charge in [-0.3, -0.25) is 13.6 Å². The molecule has 32 heavy (non-hydrogen) atoms. The van der Waals surface area contributed by atoms with E-state index in [-0.39, 0.29) is 14.9 Å². The third-order valence-electron chi connectivity index (χ3n) is 1.99. The molecule has 0 rings (SSSR count). The van der Waals surface area contributed by atoms with Gasteiger partial charge in [0, 0.05) is 0 Å². The van der Waals surface area contributed by atoms with Crippen molar-refractivity contribution in [2.24, 2.45) is 0 Å². The molecule has 0 aliphatic heterocycles. The quantitative estimate of drug-likeness (QED) is 0.106. The van der Waals surface area contributed by atoms with Crippen molar-refractivity contribution in [3.8, 4) is 0 Å². The smallest absolute Gasteiger partial charge is 0.394 e. The molecule has 0 aromatic carbocycles. The normalized spacial score (nSPS) is 13.4. The van der Waals surface area contributed by atoms with Crippen LogP contribution in [-0.4, -0.2) is 118 Å². The van der Waals surface area contributed by atoms with Crippen molar-refractivity contribution in [2.75, 3.05) is 39.6 Å². The van der Waals surface area contributed by atoms with Gasteiger partial charge in [0.05, 0.1) is 39.6 Å². The maximum atomic E-state index is 10.0. The third kappa shape index (κ3) is 40.4. The van der Waals surface area contributed by atoms with Gasteiger partial charge in [-0.25, -0.2) is 13.7 Å². The van der Waals surface area contributed by atoms with Gasteiger partial charge in [-0.15, -0.1) is 0 Å². The number of hydrogen-bond donors (Lipinski definition) is 12. The summed E-state index contributed by atoms with van der Waals surface area (Å²) in [6.07, 6.45) is -3.69. The van der Waals surface area contributed by atoms with Crippen LogP contribution >= 0.6 is 23.5 Å². The number of phosphoric acid groups is 3. The van der Waals surface area contributed by atoms with Crippen molar-refractivity contribution < 1.29 is 87.3 Å². The van der Waals surface area contributed by atoms with Crippen LogP contribution in [0.15, 0.2) is 0 Å². The van der Waals surface area contributed by atoms with Crippen LogP contribution < -0.4 is 0 Å². The van der Waals surface area contributed by atoms with Crippen LogP contribution in [-0.2, 0) is 27.3 Å². The van der Waals surface area contributed by atoms with E-state index in [0.29, 0.717) is 0 Å². The van der Waals surface area contributed by atoms with E-state index in [2.05, 4.69) is 13.6 Å². The zero-order valence-electron chi connectivity index (χ0n) is 15.1. The van der Waals surface area contributed by atoms with Crippen molar-refractivity contribution in [2.45, 2.75) is 33.2 Å². The Morgan fingerprint density at radius 1 is 0.562 bits per heavy atom. The molecule has 0 aromatic rings. The summed E-state index contributed by atoms with van der Waals surface area (Å²) in [4.78, 5) is 48.5. The molecule has 0 spiro atoms. The Morgan fingerprint density at radius 3 is 0.969 bits per heavy atom. The van der Waals surface area contributed by atoms with Gasteiger partial charge in [-0.2, -0.15) is 0 Å². The van der Waals surface area contributed by atoms with Gasteiger partial charge >= 0.3 is 23.5 Å². The maximum Gasteiger partial charge on any atom is 0.470 e. The maximum absolute atomic E-state index is 10.0. The first-order chi connectivity index (χ1) is 13.4. The highest BCUT2D eigenvalue weighted by Gasteiger charge is 2.20. The van der Waals surface area contributed by atoms with Crippen molar-refractivity contribution in [3.05, 3.63) is 0 Å². The van der Waals surface area contributed by atoms with Crippen LogP contribution in [0.4, 0.5) is 0 Å². The molecule has 0 heterocycles. The van der Waals surface area contributed by atoms with E-state index < -0.39 is 81.4 Å². The third-order valence-corrected chi connectivity index (χ3v) is 3.53. The van der Waals surface area contributed by atoms with E-state index in [1.165, 1.54) is 0 Å². The molecule has 0 saturated carbocycles. The standard InChI is InChI=1S/3C3H9O6P.2CH4/c2*4-1-3(5)2-9-10(6,7)8;4-1-3(2-5)9-10(6,7)8;;/h3*3-5H,1-2H2,(H2,6,7,8);2*1H4/t2*3-;;;/m10.../s1. The van der Waals surface area contributed by atoms with Crippen LogP contribution in [0.5, 0.6) is 0 Å². The molecule has 0 amide bonds. The molecular weight excluding hydrogens is 513 g/mol. The van der Waals surface area contributed by atoms with Gasteiger partial charge < -0.3 is 60.0 Å². The number of phosphoric ester groups is 3. The highest BCUT2D eigenvalue weighted by Crippen LogP contribution is 2.37. The van der Waals surface area contributed by atoms with E-state index in [4.69, 9.17) is 60.0 Å². The first kappa shape index (κ1) is 42.3. The molecule has 0 unspecified atom stereocenters. The first-order valence-electron chi connectivity index (χ1n) is 7.34. The predicted octanol–water partition coefficient (Wildman–Crippen LogP) is -3.38. The number of hydrogen-bond acceptors (Lipinski definition) is 12. The summed E-state index contributed by atoms with van der Waals surface area (Å²) in [5.74, 6) is 0. The second kappa shape index (κ2) is 21.6. The van der Waals surface area contributed by atoms with E-state index >= 15 is 0 Å². The van der Waals surface area contributed by atoms with Crippen molar-refractivity contribution in [1.82, 2.24) is 0 Å². The van der Waals surface area contributed by atoms with Gasteiger partial charge in [0.25, 0.3) is 0 Å². The van der Waals surface area contributed by atoms with Crippen LogP contribution in [0.1, 0.15) is 14.9 Å². The highest BCUT2D eigenvalue weighted by molar-refractivity contribution is 7.46. The summed E-state index contributed by atoms with van der Waals surface area (Å²) in [6, 6.07) is 0. The number of rotatable bonds is 12. The lowest BCUT2D eigenvalue weighted by atomic mass is 10.4. The molecule has 21 heteroatoms. The zero-order chi connectivity index (χ0) is 24.6. The Morgan fingerprint density at radius 2 is 0.844 bits per heavy atom. The summed E-state index contributed by atoms with van der Waals surface area (Å²) < 4.78 is 41.5. The Hall–Kier alpha value is 0.0900. The van der Waals surface area contributed by atoms with Gasteiger partial charge in [-0.1, -0.05) is 14.9 Å². The monoisotopic (exact) mass is 548 g/mol. The molecule has 18 nitrogen and oxygen atoms in total. The lowest BCUT2D eigenvalue weighted by Crippen LogP contribution is -2.20. The van der Waals surface area contributed by atoms with Crippen LogP contribution in [0.3, 0.4) is 0 Å². The zero-order valence-corrected chi connectivity index (χ0v) is 17.8. The summed E-state index contributed by atoms with van der Waals surface area (Å²) >= 11 is 0. The fourth-order valence-corrected chi connectivity index (χ4v) is 2.04. The fraction of sp³-hybridized carbons (Fsp3) is 1.00. The molecule has 0 bridgehead atoms. The molecule has 0 aliphatic rings. The lowest BCUT2D eigenvalue weighted by molar-refractivity contribution is 0.0391. The molecule has 202 valence electrons. The molecule has 2 atom stereocenters. The Labute approximate surface area is 184 Å². The Balaban J connectivity index is -0.000000110. The highest BCUT2D eigenvalue weighted by atomic mass is 31.2. The van der Waals surface area contributed by atoms with Gasteiger partial charge in [0.1, 0.15) is 18.3 Å². The first-order valence-corrected chi connectivity index (χ1v) is 11.9. The fourth-order valence-electron chi connectivity index (χ4n) is 0.790. The minimum absolute atomic E-state index is 0. The number of aliphatic hydroxyl groups is 6. The molecular formula is C11H35O18P3. The summed E-state index contributed by atoms with van der Waals surface area (Å²) in [5.41, 5.74) is 0. The predicted molar refractivity (Wildman–Crippen MR) is 107 cm³/mol. The van der Waals surface area contributed by atoms with Crippen molar-refractivity contribution in [3.63, 3.8) is 0 Å². The Bertz CT molecular complexity index is 506. The van der Waals surface area contributed by atoms with Crippen molar-refractivity contribution >= 4 is 23.5 Å². The molecule has 0 aromatic heterocycles. The summed E-state index contributed by atoms with van der Waals surface area (Å²) in [7, 11) is -13.6. The second-order valence-electron chi connectivity index (χ2n) is 4.83. The number of aliphatic hydroxyl groups excluding tert-OH is 6.